The summed E-state index contributed by atoms with van der Waals surface area (Å²) in [6.45, 7) is 2.18. The lowest BCUT2D eigenvalue weighted by atomic mass is 10.2. The second-order valence-electron chi connectivity index (χ2n) is 6.25. The third-order valence-corrected chi connectivity index (χ3v) is 6.39. The average molecular weight is 398 g/mol. The van der Waals surface area contributed by atoms with E-state index in [1.807, 2.05) is 18.4 Å². The Morgan fingerprint density at radius 1 is 1.60 bits per heavy atom. The highest BCUT2D eigenvalue weighted by atomic mass is 32.2. The fourth-order valence-electron chi connectivity index (χ4n) is 2.83. The smallest absolute Gasteiger partial charge is 0.326 e. The molecule has 1 saturated carbocycles. The monoisotopic (exact) mass is 397 g/mol. The number of amides is 1. The molecule has 1 aromatic rings. The van der Waals surface area contributed by atoms with Crippen LogP contribution >= 0.6 is 35.7 Å². The quantitative estimate of drug-likeness (QED) is 0.554. The average Bonchev–Trinajstić information content (AvgIpc) is 3.00. The zero-order valence-corrected chi connectivity index (χ0v) is 16.4. The van der Waals surface area contributed by atoms with E-state index < -0.39 is 12.0 Å². The minimum Gasteiger partial charge on any atom is -0.480 e. The lowest BCUT2D eigenvalue weighted by Gasteiger charge is -2.22. The number of thiocarbonyl (C=S) groups is 1. The molecule has 0 bridgehead atoms. The van der Waals surface area contributed by atoms with Crippen molar-refractivity contribution in [1.82, 2.24) is 4.90 Å². The summed E-state index contributed by atoms with van der Waals surface area (Å²) in [6.07, 6.45) is 5.05. The Kier molecular flexibility index (Phi) is 5.60. The highest BCUT2D eigenvalue weighted by molar-refractivity contribution is 8.26. The molecule has 134 valence electrons. The summed E-state index contributed by atoms with van der Waals surface area (Å²) in [4.78, 5) is 25.9. The summed E-state index contributed by atoms with van der Waals surface area (Å²) in [5.74, 6) is 1.91. The molecule has 1 aromatic heterocycles. The first-order chi connectivity index (χ1) is 11.9. The van der Waals surface area contributed by atoms with E-state index in [0.29, 0.717) is 34.7 Å². The van der Waals surface area contributed by atoms with Gasteiger partial charge in [-0.3, -0.25) is 9.69 Å². The second-order valence-corrected chi connectivity index (χ2v) is 8.91. The molecule has 1 N–H and O–H groups in total. The van der Waals surface area contributed by atoms with Gasteiger partial charge in [-0.25, -0.2) is 4.79 Å². The van der Waals surface area contributed by atoms with E-state index in [0.717, 1.165) is 23.9 Å². The first kappa shape index (κ1) is 18.5. The molecule has 0 aromatic carbocycles. The van der Waals surface area contributed by atoms with Crippen molar-refractivity contribution in [2.24, 2.45) is 5.92 Å². The number of rotatable bonds is 7. The van der Waals surface area contributed by atoms with Crippen LogP contribution in [0.3, 0.4) is 0 Å². The number of hydrogen-bond acceptors (Lipinski definition) is 6. The van der Waals surface area contributed by atoms with Crippen LogP contribution in [0.15, 0.2) is 21.5 Å². The van der Waals surface area contributed by atoms with Crippen LogP contribution in [0.4, 0.5) is 0 Å². The van der Waals surface area contributed by atoms with Gasteiger partial charge in [0.2, 0.25) is 0 Å². The summed E-state index contributed by atoms with van der Waals surface area (Å²) in [5.41, 5.74) is 0. The van der Waals surface area contributed by atoms with Crippen LogP contribution in [0.5, 0.6) is 0 Å². The molecule has 3 atom stereocenters. The summed E-state index contributed by atoms with van der Waals surface area (Å²) < 4.78 is 6.09. The Hall–Kier alpha value is -1.25. The molecule has 0 radical (unpaired) electrons. The standard InChI is InChI=1S/C17H19NO4S3/c1-9-7-11(9)13-4-3-10(22-13)8-14-15(19)18(17(23)25-14)12(16(20)21)5-6-24-2/h3-4,8-9,11-12H,5-7H2,1-2H3,(H,20,21)/b14-8-/t9-,11+,12+/m1/s1. The van der Waals surface area contributed by atoms with Crippen LogP contribution in [0.25, 0.3) is 6.08 Å². The maximum Gasteiger partial charge on any atom is 0.326 e. The molecule has 8 heteroatoms. The minimum absolute atomic E-state index is 0.285. The van der Waals surface area contributed by atoms with Crippen molar-refractivity contribution >= 4 is 58.0 Å². The molecule has 2 aliphatic rings. The number of aliphatic carboxylic acids is 1. The predicted molar refractivity (Wildman–Crippen MR) is 105 cm³/mol. The van der Waals surface area contributed by atoms with Gasteiger partial charge in [-0.05, 0) is 42.9 Å². The lowest BCUT2D eigenvalue weighted by molar-refractivity contribution is -0.145. The van der Waals surface area contributed by atoms with Crippen LogP contribution in [0, 0.1) is 5.92 Å². The number of nitrogens with zero attached hydrogens (tertiary/aromatic N) is 1. The largest absolute Gasteiger partial charge is 0.480 e. The first-order valence-corrected chi connectivity index (χ1v) is 10.6. The number of carbonyl (C=O) groups excluding carboxylic acids is 1. The molecule has 5 nitrogen and oxygen atoms in total. The third-order valence-electron chi connectivity index (χ3n) is 4.41. The van der Waals surface area contributed by atoms with Gasteiger partial charge in [0.15, 0.2) is 0 Å². The van der Waals surface area contributed by atoms with Gasteiger partial charge in [0.25, 0.3) is 5.91 Å². The number of thioether (sulfide) groups is 2. The lowest BCUT2D eigenvalue weighted by Crippen LogP contribution is -2.44. The Balaban J connectivity index is 1.77. The Bertz CT molecular complexity index is 742. The van der Waals surface area contributed by atoms with Gasteiger partial charge >= 0.3 is 5.97 Å². The SMILES string of the molecule is CSCC[C@@H](C(=O)O)N1C(=O)/C(=C/c2ccc([C@H]3C[C@H]3C)o2)SC1=S. The molecule has 0 unspecified atom stereocenters. The van der Waals surface area contributed by atoms with E-state index in [2.05, 4.69) is 6.92 Å². The molecule has 2 fully saturated rings. The molecule has 1 aliphatic heterocycles. The van der Waals surface area contributed by atoms with Crippen molar-refractivity contribution in [3.63, 3.8) is 0 Å². The van der Waals surface area contributed by atoms with Crippen LogP contribution in [0.1, 0.15) is 37.2 Å². The number of furan rings is 1. The predicted octanol–water partition coefficient (Wildman–Crippen LogP) is 3.81. The maximum absolute atomic E-state index is 12.7. The summed E-state index contributed by atoms with van der Waals surface area (Å²) in [7, 11) is 0. The van der Waals surface area contributed by atoms with Crippen molar-refractivity contribution in [3.05, 3.63) is 28.6 Å². The van der Waals surface area contributed by atoms with E-state index in [1.54, 1.807) is 17.8 Å². The van der Waals surface area contributed by atoms with Crippen molar-refractivity contribution in [1.29, 1.82) is 0 Å². The molecule has 2 heterocycles. The summed E-state index contributed by atoms with van der Waals surface area (Å²) in [6, 6.07) is 2.86. The van der Waals surface area contributed by atoms with Gasteiger partial charge in [-0.1, -0.05) is 30.9 Å². The number of carboxylic acid groups (broad SMARTS) is 1. The van der Waals surface area contributed by atoms with Crippen LogP contribution in [0.2, 0.25) is 0 Å². The van der Waals surface area contributed by atoms with E-state index in [-0.39, 0.29) is 10.2 Å². The van der Waals surface area contributed by atoms with Crippen LogP contribution < -0.4 is 0 Å². The zero-order chi connectivity index (χ0) is 18.1. The van der Waals surface area contributed by atoms with Crippen molar-refractivity contribution < 1.29 is 19.1 Å². The summed E-state index contributed by atoms with van der Waals surface area (Å²) >= 11 is 7.93. The molecule has 0 spiro atoms. The van der Waals surface area contributed by atoms with E-state index in [1.165, 1.54) is 4.90 Å². The Morgan fingerprint density at radius 2 is 2.32 bits per heavy atom. The highest BCUT2D eigenvalue weighted by Gasteiger charge is 2.40. The topological polar surface area (TPSA) is 70.8 Å². The normalized spacial score (nSPS) is 25.7. The first-order valence-electron chi connectivity index (χ1n) is 8.01. The van der Waals surface area contributed by atoms with Gasteiger partial charge in [0, 0.05) is 12.0 Å². The molecular weight excluding hydrogens is 378 g/mol. The summed E-state index contributed by atoms with van der Waals surface area (Å²) in [5, 5.41) is 9.46. The van der Waals surface area contributed by atoms with Crippen molar-refractivity contribution in [3.8, 4) is 0 Å². The van der Waals surface area contributed by atoms with E-state index >= 15 is 0 Å². The molecule has 3 rings (SSSR count). The van der Waals surface area contributed by atoms with Gasteiger partial charge in [-0.15, -0.1) is 0 Å². The van der Waals surface area contributed by atoms with Crippen LogP contribution in [-0.4, -0.2) is 44.3 Å². The fraction of sp³-hybridized carbons (Fsp3) is 0.471. The van der Waals surface area contributed by atoms with E-state index in [4.69, 9.17) is 16.6 Å². The van der Waals surface area contributed by atoms with Gasteiger partial charge < -0.3 is 9.52 Å². The zero-order valence-electron chi connectivity index (χ0n) is 13.9. The molecule has 25 heavy (non-hydrogen) atoms. The Labute approximate surface area is 160 Å². The second kappa shape index (κ2) is 7.55. The van der Waals surface area contributed by atoms with Gasteiger partial charge in [0.05, 0.1) is 4.91 Å². The van der Waals surface area contributed by atoms with Crippen LogP contribution in [-0.2, 0) is 9.59 Å². The maximum atomic E-state index is 12.7. The Morgan fingerprint density at radius 3 is 2.92 bits per heavy atom. The third kappa shape index (κ3) is 3.96. The van der Waals surface area contributed by atoms with E-state index in [9.17, 15) is 14.7 Å². The fourth-order valence-corrected chi connectivity index (χ4v) is 4.63. The number of carboxylic acids is 1. The highest BCUT2D eigenvalue weighted by Crippen LogP contribution is 2.47. The molecule has 1 amide bonds. The molecule has 1 aliphatic carbocycles. The van der Waals surface area contributed by atoms with Gasteiger partial charge in [-0.2, -0.15) is 11.8 Å². The van der Waals surface area contributed by atoms with Gasteiger partial charge in [0.1, 0.15) is 21.9 Å². The van der Waals surface area contributed by atoms with Crippen molar-refractivity contribution in [2.75, 3.05) is 12.0 Å². The molecule has 1 saturated heterocycles. The van der Waals surface area contributed by atoms with Crippen molar-refractivity contribution in [2.45, 2.75) is 31.7 Å². The number of carbonyl (C=O) groups is 2. The number of hydrogen-bond donors (Lipinski definition) is 1. The molecular formula is C17H19NO4S3. The minimum atomic E-state index is -1.03.